The van der Waals surface area contributed by atoms with E-state index in [2.05, 4.69) is 51.6 Å². The lowest BCUT2D eigenvalue weighted by Crippen LogP contribution is -2.18. The van der Waals surface area contributed by atoms with E-state index in [0.717, 1.165) is 18.7 Å². The molecule has 1 aliphatic rings. The van der Waals surface area contributed by atoms with Crippen LogP contribution in [0.3, 0.4) is 0 Å². The standard InChI is InChI=1S/C17H18N4O2/c1-13-10-17(19-12-16(13)21(22)23)18-11-14-4-6-15(7-5-14)20-8-2-3-9-20/h2-7,10,12H,8-9,11H2,1H3,(H,18,19). The van der Waals surface area contributed by atoms with E-state index in [0.29, 0.717) is 17.9 Å². The fourth-order valence-corrected chi connectivity index (χ4v) is 2.54. The minimum Gasteiger partial charge on any atom is -0.366 e. The van der Waals surface area contributed by atoms with Gasteiger partial charge in [-0.15, -0.1) is 0 Å². The van der Waals surface area contributed by atoms with Crippen LogP contribution in [0.5, 0.6) is 0 Å². The summed E-state index contributed by atoms with van der Waals surface area (Å²) in [4.78, 5) is 16.7. The smallest absolute Gasteiger partial charge is 0.290 e. The number of nitro groups is 1. The van der Waals surface area contributed by atoms with Crippen LogP contribution < -0.4 is 10.2 Å². The molecule has 118 valence electrons. The summed E-state index contributed by atoms with van der Waals surface area (Å²) in [6.45, 7) is 4.26. The van der Waals surface area contributed by atoms with Crippen molar-refractivity contribution in [2.24, 2.45) is 0 Å². The van der Waals surface area contributed by atoms with Gasteiger partial charge in [0.05, 0.1) is 4.92 Å². The highest BCUT2D eigenvalue weighted by Crippen LogP contribution is 2.20. The zero-order valence-electron chi connectivity index (χ0n) is 12.9. The number of anilines is 2. The molecule has 0 spiro atoms. The van der Waals surface area contributed by atoms with Gasteiger partial charge in [-0.2, -0.15) is 0 Å². The highest BCUT2D eigenvalue weighted by Gasteiger charge is 2.11. The fraction of sp³-hybridized carbons (Fsp3) is 0.235. The minimum atomic E-state index is -0.419. The van der Waals surface area contributed by atoms with Crippen LogP contribution in [0.1, 0.15) is 11.1 Å². The Morgan fingerprint density at radius 2 is 1.96 bits per heavy atom. The number of aromatic nitrogens is 1. The molecule has 1 aromatic heterocycles. The molecule has 2 aromatic rings. The van der Waals surface area contributed by atoms with E-state index in [4.69, 9.17) is 0 Å². The van der Waals surface area contributed by atoms with Crippen molar-refractivity contribution in [2.75, 3.05) is 23.3 Å². The molecular formula is C17H18N4O2. The molecule has 1 aromatic carbocycles. The Balaban J connectivity index is 1.62. The molecule has 0 atom stereocenters. The van der Waals surface area contributed by atoms with Gasteiger partial charge in [0.25, 0.3) is 5.69 Å². The predicted octanol–water partition coefficient (Wildman–Crippen LogP) is 3.29. The summed E-state index contributed by atoms with van der Waals surface area (Å²) in [6, 6.07) is 10.1. The molecular weight excluding hydrogens is 292 g/mol. The monoisotopic (exact) mass is 310 g/mol. The average molecular weight is 310 g/mol. The largest absolute Gasteiger partial charge is 0.366 e. The summed E-state index contributed by atoms with van der Waals surface area (Å²) in [7, 11) is 0. The molecule has 0 bridgehead atoms. The van der Waals surface area contributed by atoms with Crippen LogP contribution in [0.15, 0.2) is 48.7 Å². The highest BCUT2D eigenvalue weighted by molar-refractivity contribution is 5.51. The van der Waals surface area contributed by atoms with Crippen molar-refractivity contribution in [2.45, 2.75) is 13.5 Å². The number of hydrogen-bond acceptors (Lipinski definition) is 5. The number of hydrogen-bond donors (Lipinski definition) is 1. The van der Waals surface area contributed by atoms with Gasteiger partial charge in [-0.1, -0.05) is 24.3 Å². The first kappa shape index (κ1) is 15.0. The van der Waals surface area contributed by atoms with Gasteiger partial charge in [0.2, 0.25) is 0 Å². The van der Waals surface area contributed by atoms with Crippen LogP contribution in [0.2, 0.25) is 0 Å². The molecule has 2 heterocycles. The maximum atomic E-state index is 10.8. The third-order valence-corrected chi connectivity index (χ3v) is 3.87. The van der Waals surface area contributed by atoms with E-state index in [1.165, 1.54) is 11.9 Å². The van der Waals surface area contributed by atoms with Gasteiger partial charge >= 0.3 is 0 Å². The van der Waals surface area contributed by atoms with E-state index < -0.39 is 4.92 Å². The summed E-state index contributed by atoms with van der Waals surface area (Å²) in [5.74, 6) is 0.640. The molecule has 0 radical (unpaired) electrons. The molecule has 0 saturated carbocycles. The summed E-state index contributed by atoms with van der Waals surface area (Å²) in [6.07, 6.45) is 5.62. The predicted molar refractivity (Wildman–Crippen MR) is 90.8 cm³/mol. The molecule has 3 rings (SSSR count). The van der Waals surface area contributed by atoms with Crippen LogP contribution in [0.25, 0.3) is 0 Å². The number of aryl methyl sites for hydroxylation is 1. The van der Waals surface area contributed by atoms with Crippen LogP contribution >= 0.6 is 0 Å². The van der Waals surface area contributed by atoms with Crippen molar-refractivity contribution in [1.29, 1.82) is 0 Å². The number of nitrogens with zero attached hydrogens (tertiary/aromatic N) is 3. The molecule has 0 unspecified atom stereocenters. The first-order chi connectivity index (χ1) is 11.1. The Labute approximate surface area is 134 Å². The van der Waals surface area contributed by atoms with E-state index in [9.17, 15) is 10.1 Å². The maximum Gasteiger partial charge on any atom is 0.290 e. The van der Waals surface area contributed by atoms with E-state index >= 15 is 0 Å². The zero-order valence-corrected chi connectivity index (χ0v) is 12.9. The summed E-state index contributed by atoms with van der Waals surface area (Å²) < 4.78 is 0. The van der Waals surface area contributed by atoms with Crippen LogP contribution in [-0.4, -0.2) is 23.0 Å². The van der Waals surface area contributed by atoms with Crippen molar-refractivity contribution in [3.8, 4) is 0 Å². The number of rotatable bonds is 5. The zero-order chi connectivity index (χ0) is 16.2. The molecule has 1 aliphatic heterocycles. The third-order valence-electron chi connectivity index (χ3n) is 3.87. The van der Waals surface area contributed by atoms with Gasteiger partial charge < -0.3 is 10.2 Å². The first-order valence-corrected chi connectivity index (χ1v) is 7.47. The summed E-state index contributed by atoms with van der Waals surface area (Å²) in [5, 5.41) is 14.0. The van der Waals surface area contributed by atoms with Crippen LogP contribution in [-0.2, 0) is 6.54 Å². The van der Waals surface area contributed by atoms with Gasteiger partial charge in [0, 0.05) is 30.9 Å². The lowest BCUT2D eigenvalue weighted by Gasteiger charge is -2.17. The van der Waals surface area contributed by atoms with Gasteiger partial charge in [0.15, 0.2) is 0 Å². The highest BCUT2D eigenvalue weighted by atomic mass is 16.6. The molecule has 0 aliphatic carbocycles. The van der Waals surface area contributed by atoms with Gasteiger partial charge in [-0.3, -0.25) is 10.1 Å². The molecule has 0 fully saturated rings. The Morgan fingerprint density at radius 3 is 2.57 bits per heavy atom. The van der Waals surface area contributed by atoms with Crippen LogP contribution in [0, 0.1) is 17.0 Å². The fourth-order valence-electron chi connectivity index (χ4n) is 2.54. The van der Waals surface area contributed by atoms with Crippen molar-refractivity contribution in [3.63, 3.8) is 0 Å². The average Bonchev–Trinajstić information content (AvgIpc) is 3.07. The molecule has 0 saturated heterocycles. The Hall–Kier alpha value is -2.89. The second-order valence-electron chi connectivity index (χ2n) is 5.51. The molecule has 6 heteroatoms. The third kappa shape index (κ3) is 3.48. The van der Waals surface area contributed by atoms with E-state index in [-0.39, 0.29) is 5.69 Å². The quantitative estimate of drug-likeness (QED) is 0.521. The SMILES string of the molecule is Cc1cc(NCc2ccc(N3CC=CC3)cc2)ncc1[N+](=O)[O-]. The molecule has 1 N–H and O–H groups in total. The normalized spacial score (nSPS) is 13.3. The summed E-state index contributed by atoms with van der Waals surface area (Å²) in [5.41, 5.74) is 2.99. The molecule has 0 amide bonds. The Bertz CT molecular complexity index is 733. The Kier molecular flexibility index (Phi) is 4.23. The van der Waals surface area contributed by atoms with E-state index in [1.54, 1.807) is 13.0 Å². The minimum absolute atomic E-state index is 0.0409. The second kappa shape index (κ2) is 6.48. The lowest BCUT2D eigenvalue weighted by molar-refractivity contribution is -0.385. The van der Waals surface area contributed by atoms with E-state index in [1.807, 2.05) is 0 Å². The second-order valence-corrected chi connectivity index (χ2v) is 5.51. The molecule has 23 heavy (non-hydrogen) atoms. The number of benzene rings is 1. The van der Waals surface area contributed by atoms with Crippen molar-refractivity contribution in [1.82, 2.24) is 4.98 Å². The summed E-state index contributed by atoms with van der Waals surface area (Å²) >= 11 is 0. The van der Waals surface area contributed by atoms with Crippen molar-refractivity contribution < 1.29 is 4.92 Å². The van der Waals surface area contributed by atoms with Gasteiger partial charge in [-0.05, 0) is 30.7 Å². The molecule has 6 nitrogen and oxygen atoms in total. The number of nitrogens with one attached hydrogen (secondary N) is 1. The van der Waals surface area contributed by atoms with Gasteiger partial charge in [-0.25, -0.2) is 4.98 Å². The maximum absolute atomic E-state index is 10.8. The Morgan fingerprint density at radius 1 is 1.26 bits per heavy atom. The van der Waals surface area contributed by atoms with Crippen molar-refractivity contribution >= 4 is 17.2 Å². The van der Waals surface area contributed by atoms with Gasteiger partial charge in [0.1, 0.15) is 12.0 Å². The van der Waals surface area contributed by atoms with Crippen LogP contribution in [0.4, 0.5) is 17.2 Å². The number of pyridine rings is 1. The van der Waals surface area contributed by atoms with Crippen molar-refractivity contribution in [3.05, 3.63) is 69.9 Å². The first-order valence-electron chi connectivity index (χ1n) is 7.47. The lowest BCUT2D eigenvalue weighted by atomic mass is 10.2. The topological polar surface area (TPSA) is 71.3 Å².